The summed E-state index contributed by atoms with van der Waals surface area (Å²) in [5.41, 5.74) is 4.24. The Kier molecular flexibility index (Phi) is 23.1. The van der Waals surface area contributed by atoms with Gasteiger partial charge in [-0.3, -0.25) is 19.2 Å². The van der Waals surface area contributed by atoms with Gasteiger partial charge in [0.2, 0.25) is 0 Å². The first kappa shape index (κ1) is 50.7. The first-order valence-corrected chi connectivity index (χ1v) is 20.6. The van der Waals surface area contributed by atoms with Gasteiger partial charge >= 0.3 is 35.8 Å². The third-order valence-electron chi connectivity index (χ3n) is 9.66. The van der Waals surface area contributed by atoms with Crippen molar-refractivity contribution < 1.29 is 61.9 Å². The zero-order valence-corrected chi connectivity index (χ0v) is 36.4. The number of hydrogen-bond donors (Lipinski definition) is 0. The van der Waals surface area contributed by atoms with Crippen molar-refractivity contribution in [2.24, 2.45) is 5.41 Å². The minimum Gasteiger partial charge on any atom is -0.492 e. The maximum absolute atomic E-state index is 12.8. The molecule has 2 rings (SSSR count). The molecule has 60 heavy (non-hydrogen) atoms. The first-order chi connectivity index (χ1) is 28.7. The molecule has 0 aliphatic heterocycles. The van der Waals surface area contributed by atoms with Crippen molar-refractivity contribution in [2.45, 2.75) is 111 Å². The van der Waals surface area contributed by atoms with E-state index in [0.717, 1.165) is 36.0 Å². The zero-order valence-electron chi connectivity index (χ0n) is 36.4. The van der Waals surface area contributed by atoms with Crippen LogP contribution in [-0.2, 0) is 76.5 Å². The van der Waals surface area contributed by atoms with Gasteiger partial charge in [-0.05, 0) is 85.9 Å². The standard InChI is InChI=1S/C47H64O13/c1-9-11-12-13-14-16-35-18-20-39(36(10-2)27-35)37-19-21-40(38(28-37)17-15-26-56-45(52)33(3)4)57-29-47(32-60-46(53)34(5)6,30-58-43(50)24-22-41(48)54-7)31-59-44(51)25-23-42(49)55-8/h18-21,27-28H,3,5,9-17,22-26,29-32H2,1-2,4,6-8H3. The van der Waals surface area contributed by atoms with E-state index in [1.807, 2.05) is 18.2 Å². The van der Waals surface area contributed by atoms with Crippen LogP contribution in [0.4, 0.5) is 0 Å². The Morgan fingerprint density at radius 3 is 1.72 bits per heavy atom. The van der Waals surface area contributed by atoms with Crippen molar-refractivity contribution in [3.63, 3.8) is 0 Å². The molecular formula is C47H64O13. The van der Waals surface area contributed by atoms with Crippen LogP contribution < -0.4 is 4.74 Å². The van der Waals surface area contributed by atoms with E-state index in [4.69, 9.17) is 23.7 Å². The van der Waals surface area contributed by atoms with Gasteiger partial charge in [0.25, 0.3) is 0 Å². The van der Waals surface area contributed by atoms with Crippen LogP contribution in [0.5, 0.6) is 5.75 Å². The lowest BCUT2D eigenvalue weighted by atomic mass is 9.91. The summed E-state index contributed by atoms with van der Waals surface area (Å²) in [6, 6.07) is 12.4. The van der Waals surface area contributed by atoms with Crippen LogP contribution >= 0.6 is 0 Å². The summed E-state index contributed by atoms with van der Waals surface area (Å²) in [6.07, 6.45) is 7.71. The summed E-state index contributed by atoms with van der Waals surface area (Å²) in [5, 5.41) is 0. The van der Waals surface area contributed by atoms with E-state index in [0.29, 0.717) is 24.2 Å². The Hall–Kier alpha value is -5.46. The minimum absolute atomic E-state index is 0.103. The number of esters is 6. The highest BCUT2D eigenvalue weighted by atomic mass is 16.6. The van der Waals surface area contributed by atoms with Gasteiger partial charge in [-0.25, -0.2) is 9.59 Å². The molecule has 330 valence electrons. The van der Waals surface area contributed by atoms with Crippen molar-refractivity contribution in [2.75, 3.05) is 47.3 Å². The average molecular weight is 837 g/mol. The number of methoxy groups -OCH3 is 2. The third kappa shape index (κ3) is 18.6. The van der Waals surface area contributed by atoms with Crippen LogP contribution in [0, 0.1) is 5.41 Å². The van der Waals surface area contributed by atoms with Gasteiger partial charge in [-0.1, -0.05) is 77.0 Å². The molecule has 13 nitrogen and oxygen atoms in total. The van der Waals surface area contributed by atoms with Crippen molar-refractivity contribution in [1.82, 2.24) is 0 Å². The Balaban J connectivity index is 2.54. The maximum atomic E-state index is 12.8. The van der Waals surface area contributed by atoms with E-state index in [1.54, 1.807) is 6.92 Å². The van der Waals surface area contributed by atoms with Gasteiger partial charge < -0.3 is 33.2 Å². The molecule has 0 aliphatic carbocycles. The molecule has 0 amide bonds. The zero-order chi connectivity index (χ0) is 44.5. The summed E-state index contributed by atoms with van der Waals surface area (Å²) in [4.78, 5) is 73.8. The number of hydrogen-bond acceptors (Lipinski definition) is 13. The van der Waals surface area contributed by atoms with Gasteiger partial charge in [0.15, 0.2) is 0 Å². The second-order valence-corrected chi connectivity index (χ2v) is 15.0. The molecule has 0 saturated carbocycles. The van der Waals surface area contributed by atoms with Crippen LogP contribution in [0.25, 0.3) is 11.1 Å². The fourth-order valence-electron chi connectivity index (χ4n) is 5.99. The number of unbranched alkanes of at least 4 members (excludes halogenated alkanes) is 4. The Morgan fingerprint density at radius 1 is 0.583 bits per heavy atom. The SMILES string of the molecule is C=C(C)C(=O)OCCCc1cc(-c2ccc(CCCCCCC)cc2CC)ccc1OCC(COC(=O)CCC(=O)OC)(COC(=O)CCC(=O)OC)COC(=O)C(=C)C. The summed E-state index contributed by atoms with van der Waals surface area (Å²) in [7, 11) is 2.40. The predicted molar refractivity (Wildman–Crippen MR) is 226 cm³/mol. The molecule has 0 radical (unpaired) electrons. The van der Waals surface area contributed by atoms with Gasteiger partial charge in [0.1, 0.15) is 37.6 Å². The quantitative estimate of drug-likeness (QED) is 0.0335. The molecule has 2 aromatic rings. The van der Waals surface area contributed by atoms with E-state index in [-0.39, 0.29) is 44.5 Å². The minimum atomic E-state index is -1.47. The lowest BCUT2D eigenvalue weighted by molar-refractivity contribution is -0.165. The number of carbonyl (C=O) groups excluding carboxylic acids is 6. The molecule has 2 aromatic carbocycles. The molecule has 0 atom stereocenters. The fraction of sp³-hybridized carbons (Fsp3) is 0.532. The summed E-state index contributed by atoms with van der Waals surface area (Å²) < 4.78 is 37.8. The lowest BCUT2D eigenvalue weighted by Gasteiger charge is -2.32. The molecule has 0 spiro atoms. The number of aryl methyl sites for hydroxylation is 3. The van der Waals surface area contributed by atoms with Crippen molar-refractivity contribution in [3.05, 3.63) is 77.4 Å². The number of carbonyl (C=O) groups is 6. The molecule has 0 unspecified atom stereocenters. The van der Waals surface area contributed by atoms with E-state index in [1.165, 1.54) is 58.0 Å². The normalized spacial score (nSPS) is 10.9. The second kappa shape index (κ2) is 27.3. The van der Waals surface area contributed by atoms with Gasteiger partial charge in [-0.15, -0.1) is 0 Å². The van der Waals surface area contributed by atoms with Crippen LogP contribution in [0.1, 0.15) is 109 Å². The smallest absolute Gasteiger partial charge is 0.333 e. The Morgan fingerprint density at radius 2 is 1.15 bits per heavy atom. The van der Waals surface area contributed by atoms with Crippen LogP contribution in [-0.4, -0.2) is 83.1 Å². The molecule has 0 bridgehead atoms. The summed E-state index contributed by atoms with van der Waals surface area (Å²) >= 11 is 0. The molecule has 0 N–H and O–H groups in total. The largest absolute Gasteiger partial charge is 0.492 e. The maximum Gasteiger partial charge on any atom is 0.333 e. The van der Waals surface area contributed by atoms with E-state index in [2.05, 4.69) is 54.7 Å². The van der Waals surface area contributed by atoms with Gasteiger partial charge in [0.05, 0.1) is 46.5 Å². The van der Waals surface area contributed by atoms with Crippen molar-refractivity contribution in [3.8, 4) is 16.9 Å². The van der Waals surface area contributed by atoms with Crippen molar-refractivity contribution >= 4 is 35.8 Å². The van der Waals surface area contributed by atoms with Crippen LogP contribution in [0.2, 0.25) is 0 Å². The highest BCUT2D eigenvalue weighted by molar-refractivity contribution is 5.87. The summed E-state index contributed by atoms with van der Waals surface area (Å²) in [5.74, 6) is -3.51. The highest BCUT2D eigenvalue weighted by Gasteiger charge is 2.38. The molecule has 0 saturated heterocycles. The molecule has 0 aromatic heterocycles. The highest BCUT2D eigenvalue weighted by Crippen LogP contribution is 2.33. The molecule has 0 fully saturated rings. The molecular weight excluding hydrogens is 773 g/mol. The topological polar surface area (TPSA) is 167 Å². The second-order valence-electron chi connectivity index (χ2n) is 15.0. The lowest BCUT2D eigenvalue weighted by Crippen LogP contribution is -2.44. The first-order valence-electron chi connectivity index (χ1n) is 20.6. The van der Waals surface area contributed by atoms with Gasteiger partial charge in [0, 0.05) is 11.1 Å². The number of ether oxygens (including phenoxy) is 7. The van der Waals surface area contributed by atoms with Crippen LogP contribution in [0.3, 0.4) is 0 Å². The van der Waals surface area contributed by atoms with E-state index >= 15 is 0 Å². The third-order valence-corrected chi connectivity index (χ3v) is 9.66. The predicted octanol–water partition coefficient (Wildman–Crippen LogP) is 7.96. The molecule has 0 aliphatic rings. The van der Waals surface area contributed by atoms with Crippen LogP contribution in [0.15, 0.2) is 60.7 Å². The number of benzene rings is 2. The average Bonchev–Trinajstić information content (AvgIpc) is 3.25. The van der Waals surface area contributed by atoms with Gasteiger partial charge in [-0.2, -0.15) is 0 Å². The van der Waals surface area contributed by atoms with E-state index in [9.17, 15) is 28.8 Å². The Bertz CT molecular complexity index is 1740. The van der Waals surface area contributed by atoms with E-state index < -0.39 is 61.1 Å². The molecule has 13 heteroatoms. The number of rotatable bonds is 29. The fourth-order valence-corrected chi connectivity index (χ4v) is 5.99. The summed E-state index contributed by atoms with van der Waals surface area (Å²) in [6.45, 7) is 13.2. The van der Waals surface area contributed by atoms with Crippen molar-refractivity contribution in [1.29, 1.82) is 0 Å². The monoisotopic (exact) mass is 836 g/mol. The Labute approximate surface area is 355 Å². The molecule has 0 heterocycles.